The maximum absolute atomic E-state index is 11.6. The van der Waals surface area contributed by atoms with Crippen LogP contribution in [0.4, 0.5) is 26.3 Å². The second-order valence-corrected chi connectivity index (χ2v) is 11.4. The lowest BCUT2D eigenvalue weighted by atomic mass is 10.1. The number of nitrogens with one attached hydrogen (secondary N) is 3. The summed E-state index contributed by atoms with van der Waals surface area (Å²) >= 11 is 9.04. The van der Waals surface area contributed by atoms with E-state index in [1.54, 1.807) is 6.07 Å². The molecule has 238 valence electrons. The number of carbonyl (C=O) groups excluding carboxylic acids is 2. The van der Waals surface area contributed by atoms with Crippen molar-refractivity contribution >= 4 is 56.5 Å². The molecule has 0 bridgehead atoms. The standard InChI is InChI=1S/C22H28ClN3O3S2.C4F6O2/c23-17-5-2-1-4-15(17)8-10-24-9-3-12-30-13-11-25-14-19(28)16-6-7-18(27)20-21(16)31-22(29)26-20;5-3(6,7)1(11)2(12)4(8,9)10/h1-2,4-7,19,24-25,27-28H,3,8-14H2,(H,26,29);/t19-;/m0./s1. The smallest absolute Gasteiger partial charge is 0.458 e. The molecule has 0 radical (unpaired) electrons. The largest absolute Gasteiger partial charge is 0.506 e. The summed E-state index contributed by atoms with van der Waals surface area (Å²) in [5.74, 6) is -4.74. The molecule has 5 N–H and O–H groups in total. The second kappa shape index (κ2) is 17.0. The number of hydrogen-bond donors (Lipinski definition) is 5. The molecule has 0 aliphatic carbocycles. The first-order chi connectivity index (χ1) is 20.1. The molecule has 1 heterocycles. The topological polar surface area (TPSA) is 132 Å². The van der Waals surface area contributed by atoms with Gasteiger partial charge in [0.15, 0.2) is 0 Å². The quantitative estimate of drug-likeness (QED) is 0.0938. The highest BCUT2D eigenvalue weighted by Crippen LogP contribution is 2.31. The molecule has 0 fully saturated rings. The first-order valence-electron chi connectivity index (χ1n) is 12.6. The number of ketones is 2. The van der Waals surface area contributed by atoms with Gasteiger partial charge in [0.05, 0.1) is 10.8 Å². The number of thiazole rings is 1. The summed E-state index contributed by atoms with van der Waals surface area (Å²) in [7, 11) is 0. The van der Waals surface area contributed by atoms with Crippen molar-refractivity contribution in [2.24, 2.45) is 0 Å². The van der Waals surface area contributed by atoms with Crippen molar-refractivity contribution in [3.8, 4) is 5.75 Å². The first kappa shape index (κ1) is 36.6. The van der Waals surface area contributed by atoms with E-state index < -0.39 is 30.0 Å². The van der Waals surface area contributed by atoms with Crippen LogP contribution in [-0.2, 0) is 16.0 Å². The van der Waals surface area contributed by atoms with Crippen molar-refractivity contribution in [3.05, 3.63) is 62.2 Å². The number of rotatable bonds is 14. The normalized spacial score (nSPS) is 12.6. The van der Waals surface area contributed by atoms with E-state index in [9.17, 15) is 50.9 Å². The van der Waals surface area contributed by atoms with Crippen LogP contribution in [0.15, 0.2) is 41.2 Å². The van der Waals surface area contributed by atoms with Crippen LogP contribution in [0.3, 0.4) is 0 Å². The molecule has 3 rings (SSSR count). The van der Waals surface area contributed by atoms with Crippen molar-refractivity contribution < 1.29 is 46.1 Å². The Bertz CT molecular complexity index is 1390. The fourth-order valence-electron chi connectivity index (χ4n) is 3.50. The third-order valence-corrected chi connectivity index (χ3v) is 7.97. The average Bonchev–Trinajstić information content (AvgIpc) is 3.33. The lowest BCUT2D eigenvalue weighted by Crippen LogP contribution is -2.39. The third kappa shape index (κ3) is 12.1. The number of thioether (sulfide) groups is 1. The Labute approximate surface area is 254 Å². The van der Waals surface area contributed by atoms with Gasteiger partial charge >= 0.3 is 28.8 Å². The number of H-pyrrole nitrogens is 1. The Morgan fingerprint density at radius 2 is 1.60 bits per heavy atom. The fraction of sp³-hybridized carbons (Fsp3) is 0.423. The second-order valence-electron chi connectivity index (χ2n) is 8.82. The van der Waals surface area contributed by atoms with Crippen LogP contribution in [0.2, 0.25) is 5.02 Å². The molecule has 1 aromatic heterocycles. The number of aromatic nitrogens is 1. The third-order valence-electron chi connectivity index (χ3n) is 5.60. The van der Waals surface area contributed by atoms with Crippen LogP contribution in [0.25, 0.3) is 10.2 Å². The Balaban J connectivity index is 0.000000455. The lowest BCUT2D eigenvalue weighted by molar-refractivity contribution is -0.193. The molecular weight excluding hydrogens is 648 g/mol. The van der Waals surface area contributed by atoms with Gasteiger partial charge in [-0.15, -0.1) is 0 Å². The van der Waals surface area contributed by atoms with Crippen molar-refractivity contribution in [3.63, 3.8) is 0 Å². The zero-order chi connectivity index (χ0) is 32.2. The molecular formula is C26H28ClF6N3O5S2. The SMILES string of the molecule is O=C(C(=O)C(F)(F)F)C(F)(F)F.O=c1[nH]c2c(O)ccc([C@@H](O)CNCCSCCCNCCc3ccccc3Cl)c2s1. The van der Waals surface area contributed by atoms with Gasteiger partial charge < -0.3 is 25.8 Å². The van der Waals surface area contributed by atoms with E-state index in [1.165, 1.54) is 11.6 Å². The summed E-state index contributed by atoms with van der Waals surface area (Å²) in [6, 6.07) is 11.1. The van der Waals surface area contributed by atoms with E-state index in [2.05, 4.69) is 21.7 Å². The van der Waals surface area contributed by atoms with E-state index >= 15 is 0 Å². The van der Waals surface area contributed by atoms with E-state index in [4.69, 9.17) is 11.6 Å². The molecule has 1 atom stereocenters. The Hall–Kier alpha value is -2.63. The molecule has 3 aromatic rings. The monoisotopic (exact) mass is 675 g/mol. The maximum atomic E-state index is 11.6. The number of aromatic hydroxyl groups is 1. The van der Waals surface area contributed by atoms with E-state index in [-0.39, 0.29) is 10.6 Å². The molecule has 0 saturated carbocycles. The number of phenolic OH excluding ortho intramolecular Hbond substituents is 1. The van der Waals surface area contributed by atoms with Crippen LogP contribution in [-0.4, -0.2) is 76.8 Å². The molecule has 0 aliphatic heterocycles. The van der Waals surface area contributed by atoms with Gasteiger partial charge in [0.1, 0.15) is 11.3 Å². The molecule has 0 unspecified atom stereocenters. The predicted molar refractivity (Wildman–Crippen MR) is 154 cm³/mol. The summed E-state index contributed by atoms with van der Waals surface area (Å²) in [4.78, 5) is 33.2. The Morgan fingerprint density at radius 3 is 2.23 bits per heavy atom. The Morgan fingerprint density at radius 1 is 0.953 bits per heavy atom. The van der Waals surface area contributed by atoms with Crippen molar-refractivity contribution in [1.82, 2.24) is 15.6 Å². The molecule has 43 heavy (non-hydrogen) atoms. The van der Waals surface area contributed by atoms with Crippen molar-refractivity contribution in [2.45, 2.75) is 31.3 Å². The van der Waals surface area contributed by atoms with Crippen molar-refractivity contribution in [2.75, 3.05) is 37.7 Å². The minimum Gasteiger partial charge on any atom is -0.506 e. The molecule has 2 aromatic carbocycles. The number of aliphatic hydroxyl groups excluding tert-OH is 1. The van der Waals surface area contributed by atoms with Gasteiger partial charge in [-0.25, -0.2) is 0 Å². The zero-order valence-electron chi connectivity index (χ0n) is 22.3. The molecule has 0 amide bonds. The number of halogens is 7. The summed E-state index contributed by atoms with van der Waals surface area (Å²) in [5.41, 5.74) is 2.22. The van der Waals surface area contributed by atoms with Crippen LogP contribution < -0.4 is 15.5 Å². The van der Waals surface area contributed by atoms with Gasteiger partial charge in [-0.2, -0.15) is 38.1 Å². The number of hydrogen-bond acceptors (Lipinski definition) is 9. The van der Waals surface area contributed by atoms with Gasteiger partial charge in [0.2, 0.25) is 0 Å². The minimum absolute atomic E-state index is 0.0204. The molecule has 17 heteroatoms. The minimum atomic E-state index is -5.77. The number of alkyl halides is 6. The predicted octanol–water partition coefficient (Wildman–Crippen LogP) is 4.78. The van der Waals surface area contributed by atoms with Crippen LogP contribution in [0.5, 0.6) is 5.75 Å². The van der Waals surface area contributed by atoms with Crippen molar-refractivity contribution in [1.29, 1.82) is 0 Å². The highest BCUT2D eigenvalue weighted by atomic mass is 35.5. The molecule has 0 saturated heterocycles. The number of carbonyl (C=O) groups is 2. The van der Waals surface area contributed by atoms with Gasteiger partial charge in [0.25, 0.3) is 0 Å². The summed E-state index contributed by atoms with van der Waals surface area (Å²) < 4.78 is 67.6. The van der Waals surface area contributed by atoms with Crippen LogP contribution in [0, 0.1) is 0 Å². The van der Waals surface area contributed by atoms with Gasteiger partial charge in [-0.3, -0.25) is 14.4 Å². The van der Waals surface area contributed by atoms with Crippen LogP contribution >= 0.6 is 34.7 Å². The lowest BCUT2D eigenvalue weighted by Gasteiger charge is -2.13. The van der Waals surface area contributed by atoms with Crippen LogP contribution in [0.1, 0.15) is 23.7 Å². The number of benzene rings is 2. The number of aliphatic hydroxyl groups is 1. The zero-order valence-corrected chi connectivity index (χ0v) is 24.7. The fourth-order valence-corrected chi connectivity index (χ4v) is 5.49. The number of Topliss-reactive ketones (excluding diaryl/α,β-unsaturated/α-hetero) is 2. The highest BCUT2D eigenvalue weighted by Gasteiger charge is 2.54. The number of phenols is 1. The van der Waals surface area contributed by atoms with E-state index in [1.807, 2.05) is 30.0 Å². The highest BCUT2D eigenvalue weighted by molar-refractivity contribution is 7.99. The molecule has 8 nitrogen and oxygen atoms in total. The summed E-state index contributed by atoms with van der Waals surface area (Å²) in [6.45, 7) is 3.11. The summed E-state index contributed by atoms with van der Waals surface area (Å²) in [5, 5.41) is 27.9. The van der Waals surface area contributed by atoms with Gasteiger partial charge in [0, 0.05) is 29.4 Å². The van der Waals surface area contributed by atoms with E-state index in [0.717, 1.165) is 60.3 Å². The van der Waals surface area contributed by atoms with Gasteiger partial charge in [-0.05, 0) is 49.4 Å². The molecule has 0 aliphatic rings. The van der Waals surface area contributed by atoms with Gasteiger partial charge in [-0.1, -0.05) is 47.2 Å². The maximum Gasteiger partial charge on any atom is 0.458 e. The average molecular weight is 676 g/mol. The van der Waals surface area contributed by atoms with E-state index in [0.29, 0.717) is 22.3 Å². The molecule has 0 spiro atoms. The Kier molecular flexibility index (Phi) is 14.5. The number of fused-ring (bicyclic) bond motifs is 1. The number of aromatic amines is 1. The first-order valence-corrected chi connectivity index (χ1v) is 15.0. The summed E-state index contributed by atoms with van der Waals surface area (Å²) in [6.07, 6.45) is -10.2.